The molecule has 0 radical (unpaired) electrons. The zero-order valence-electron chi connectivity index (χ0n) is 11.0. The van der Waals surface area contributed by atoms with Crippen molar-refractivity contribution in [1.82, 2.24) is 0 Å². The molecule has 0 aromatic rings. The molecule has 2 aliphatic rings. The van der Waals surface area contributed by atoms with Crippen LogP contribution in [-0.2, 0) is 14.3 Å². The van der Waals surface area contributed by atoms with Crippen LogP contribution in [0.3, 0.4) is 0 Å². The van der Waals surface area contributed by atoms with Crippen LogP contribution in [0.4, 0.5) is 0 Å². The smallest absolute Gasteiger partial charge is 0.320 e. The molecule has 1 unspecified atom stereocenters. The van der Waals surface area contributed by atoms with Gasteiger partial charge in [-0.2, -0.15) is 0 Å². The molecule has 2 saturated carbocycles. The highest BCUT2D eigenvalue weighted by Crippen LogP contribution is 2.46. The van der Waals surface area contributed by atoms with E-state index in [1.54, 1.807) is 0 Å². The maximum absolute atomic E-state index is 11.9. The topological polar surface area (TPSA) is 63.6 Å². The van der Waals surface area contributed by atoms with Crippen molar-refractivity contribution in [3.05, 3.63) is 0 Å². The van der Waals surface area contributed by atoms with E-state index >= 15 is 0 Å². The predicted octanol–water partition coefficient (Wildman–Crippen LogP) is 2.75. The van der Waals surface area contributed by atoms with Gasteiger partial charge in [0.05, 0.1) is 0 Å². The van der Waals surface area contributed by atoms with Crippen molar-refractivity contribution in [3.63, 3.8) is 0 Å². The molecular formula is C14H22O4. The molecule has 0 bridgehead atoms. The zero-order chi connectivity index (χ0) is 13.2. The first-order valence-corrected chi connectivity index (χ1v) is 7.01. The molecule has 0 heterocycles. The van der Waals surface area contributed by atoms with Gasteiger partial charge < -0.3 is 9.84 Å². The minimum absolute atomic E-state index is 0.350. The van der Waals surface area contributed by atoms with Gasteiger partial charge in [0.15, 0.2) is 5.92 Å². The number of esters is 1. The molecule has 0 amide bonds. The van der Waals surface area contributed by atoms with Crippen LogP contribution in [0.1, 0.15) is 58.3 Å². The molecule has 18 heavy (non-hydrogen) atoms. The highest BCUT2D eigenvalue weighted by atomic mass is 16.6. The van der Waals surface area contributed by atoms with Crippen LogP contribution in [0.15, 0.2) is 0 Å². The lowest BCUT2D eigenvalue weighted by Gasteiger charge is -2.35. The second-order valence-corrected chi connectivity index (χ2v) is 5.73. The van der Waals surface area contributed by atoms with E-state index in [2.05, 4.69) is 0 Å². The average Bonchev–Trinajstić information content (AvgIpc) is 2.98. The first-order chi connectivity index (χ1) is 8.55. The molecule has 4 nitrogen and oxygen atoms in total. The third-order valence-corrected chi connectivity index (χ3v) is 4.58. The lowest BCUT2D eigenvalue weighted by molar-refractivity contribution is -0.174. The van der Waals surface area contributed by atoms with Gasteiger partial charge >= 0.3 is 11.9 Å². The standard InChI is InChI=1S/C14H22O4/c1-10(12(15)16)13(17)18-14(8-4-5-9-14)11-6-2-3-7-11/h10-11H,2-9H2,1H3,(H,15,16). The number of hydrogen-bond acceptors (Lipinski definition) is 3. The van der Waals surface area contributed by atoms with E-state index in [-0.39, 0.29) is 5.60 Å². The molecule has 0 aromatic heterocycles. The Morgan fingerprint density at radius 3 is 2.22 bits per heavy atom. The third kappa shape index (κ3) is 2.52. The molecular weight excluding hydrogens is 232 g/mol. The summed E-state index contributed by atoms with van der Waals surface area (Å²) in [6, 6.07) is 0. The molecule has 0 spiro atoms. The van der Waals surface area contributed by atoms with Crippen molar-refractivity contribution in [2.24, 2.45) is 11.8 Å². The Labute approximate surface area is 108 Å². The first kappa shape index (κ1) is 13.4. The summed E-state index contributed by atoms with van der Waals surface area (Å²) in [6.45, 7) is 1.40. The second kappa shape index (κ2) is 5.29. The summed E-state index contributed by atoms with van der Waals surface area (Å²) in [7, 11) is 0. The van der Waals surface area contributed by atoms with Gasteiger partial charge in [0.2, 0.25) is 0 Å². The lowest BCUT2D eigenvalue weighted by atomic mass is 9.84. The van der Waals surface area contributed by atoms with E-state index < -0.39 is 17.9 Å². The van der Waals surface area contributed by atoms with E-state index in [1.165, 1.54) is 19.8 Å². The fraction of sp³-hybridized carbons (Fsp3) is 0.857. The largest absolute Gasteiger partial charge is 0.481 e. The Morgan fingerprint density at radius 1 is 1.17 bits per heavy atom. The summed E-state index contributed by atoms with van der Waals surface area (Å²) in [5, 5.41) is 8.87. The van der Waals surface area contributed by atoms with Gasteiger partial charge in [-0.15, -0.1) is 0 Å². The Balaban J connectivity index is 2.06. The normalized spacial score (nSPS) is 24.9. The number of carbonyl (C=O) groups is 2. The van der Waals surface area contributed by atoms with Crippen LogP contribution in [0.5, 0.6) is 0 Å². The summed E-state index contributed by atoms with van der Waals surface area (Å²) in [6.07, 6.45) is 8.66. The summed E-state index contributed by atoms with van der Waals surface area (Å²) >= 11 is 0. The van der Waals surface area contributed by atoms with Gasteiger partial charge in [-0.1, -0.05) is 12.8 Å². The summed E-state index contributed by atoms with van der Waals surface area (Å²) in [4.78, 5) is 22.7. The molecule has 2 aliphatic carbocycles. The van der Waals surface area contributed by atoms with Crippen molar-refractivity contribution in [3.8, 4) is 0 Å². The number of aliphatic carboxylic acids is 1. The second-order valence-electron chi connectivity index (χ2n) is 5.73. The number of carboxylic acids is 1. The maximum Gasteiger partial charge on any atom is 0.320 e. The Kier molecular flexibility index (Phi) is 3.93. The maximum atomic E-state index is 11.9. The van der Waals surface area contributed by atoms with Crippen molar-refractivity contribution in [1.29, 1.82) is 0 Å². The highest BCUT2D eigenvalue weighted by Gasteiger charge is 2.46. The molecule has 0 aromatic carbocycles. The first-order valence-electron chi connectivity index (χ1n) is 7.01. The van der Waals surface area contributed by atoms with Gasteiger partial charge in [0, 0.05) is 0 Å². The monoisotopic (exact) mass is 254 g/mol. The van der Waals surface area contributed by atoms with Gasteiger partial charge in [0.1, 0.15) is 5.60 Å². The molecule has 0 saturated heterocycles. The van der Waals surface area contributed by atoms with E-state index in [9.17, 15) is 9.59 Å². The highest BCUT2D eigenvalue weighted by molar-refractivity contribution is 5.93. The molecule has 2 fully saturated rings. The van der Waals surface area contributed by atoms with E-state index in [4.69, 9.17) is 9.84 Å². The number of ether oxygens (including phenoxy) is 1. The number of carboxylic acid groups (broad SMARTS) is 1. The van der Waals surface area contributed by atoms with Gasteiger partial charge in [-0.05, 0) is 51.4 Å². The summed E-state index contributed by atoms with van der Waals surface area (Å²) in [5.41, 5.74) is -0.350. The minimum Gasteiger partial charge on any atom is -0.481 e. The van der Waals surface area contributed by atoms with E-state index in [0.29, 0.717) is 5.92 Å². The predicted molar refractivity (Wildman–Crippen MR) is 66.0 cm³/mol. The van der Waals surface area contributed by atoms with Gasteiger partial charge in [0.25, 0.3) is 0 Å². The van der Waals surface area contributed by atoms with Crippen LogP contribution in [0, 0.1) is 11.8 Å². The molecule has 4 heteroatoms. The molecule has 102 valence electrons. The van der Waals surface area contributed by atoms with Crippen LogP contribution >= 0.6 is 0 Å². The van der Waals surface area contributed by atoms with Crippen LogP contribution in [0.25, 0.3) is 0 Å². The quantitative estimate of drug-likeness (QED) is 0.619. The van der Waals surface area contributed by atoms with Gasteiger partial charge in [-0.3, -0.25) is 9.59 Å². The van der Waals surface area contributed by atoms with Crippen molar-refractivity contribution in [2.45, 2.75) is 63.9 Å². The Hall–Kier alpha value is -1.06. The Bertz CT molecular complexity index is 325. The van der Waals surface area contributed by atoms with Crippen molar-refractivity contribution < 1.29 is 19.4 Å². The van der Waals surface area contributed by atoms with Gasteiger partial charge in [-0.25, -0.2) is 0 Å². The van der Waals surface area contributed by atoms with Crippen LogP contribution in [0.2, 0.25) is 0 Å². The molecule has 0 aliphatic heterocycles. The molecule has 1 N–H and O–H groups in total. The minimum atomic E-state index is -1.10. The fourth-order valence-electron chi connectivity index (χ4n) is 3.41. The van der Waals surface area contributed by atoms with Crippen molar-refractivity contribution >= 4 is 11.9 Å². The zero-order valence-corrected chi connectivity index (χ0v) is 11.0. The average molecular weight is 254 g/mol. The lowest BCUT2D eigenvalue weighted by Crippen LogP contribution is -2.41. The number of hydrogen-bond donors (Lipinski definition) is 1. The summed E-state index contributed by atoms with van der Waals surface area (Å²) in [5.74, 6) is -2.26. The van der Waals surface area contributed by atoms with E-state index in [1.807, 2.05) is 0 Å². The fourth-order valence-corrected chi connectivity index (χ4v) is 3.41. The molecule has 2 rings (SSSR count). The van der Waals surface area contributed by atoms with Crippen LogP contribution in [-0.4, -0.2) is 22.6 Å². The SMILES string of the molecule is CC(C(=O)O)C(=O)OC1(C2CCCC2)CCCC1. The number of rotatable bonds is 4. The third-order valence-electron chi connectivity index (χ3n) is 4.58. The van der Waals surface area contributed by atoms with Crippen LogP contribution < -0.4 is 0 Å². The molecule has 1 atom stereocenters. The number of carbonyl (C=O) groups excluding carboxylic acids is 1. The van der Waals surface area contributed by atoms with Crippen molar-refractivity contribution in [2.75, 3.05) is 0 Å². The van der Waals surface area contributed by atoms with E-state index in [0.717, 1.165) is 38.5 Å². The Morgan fingerprint density at radius 2 is 1.72 bits per heavy atom. The summed E-state index contributed by atoms with van der Waals surface area (Å²) < 4.78 is 5.69.